The molecule has 2 aromatic carbocycles. The topological polar surface area (TPSA) is 85.8 Å². The molecule has 8 heteroatoms. The summed E-state index contributed by atoms with van der Waals surface area (Å²) in [5, 5.41) is 14.1. The van der Waals surface area contributed by atoms with Gasteiger partial charge in [0.2, 0.25) is 0 Å². The van der Waals surface area contributed by atoms with E-state index in [2.05, 4.69) is 20.8 Å². The molecule has 140 valence electrons. The normalized spacial score (nSPS) is 11.9. The monoisotopic (exact) mass is 377 g/mol. The lowest BCUT2D eigenvalue weighted by molar-refractivity contribution is 0.0935. The van der Waals surface area contributed by atoms with Gasteiger partial charge in [-0.05, 0) is 70.9 Å². The van der Waals surface area contributed by atoms with Gasteiger partial charge >= 0.3 is 0 Å². The predicted octanol–water partition coefficient (Wildman–Crippen LogP) is 3.55. The Labute approximate surface area is 159 Å². The van der Waals surface area contributed by atoms with E-state index in [9.17, 15) is 9.18 Å². The Kier molecular flexibility index (Phi) is 4.67. The fraction of sp³-hybridized carbons (Fsp3) is 0.100. The molecule has 0 bridgehead atoms. The van der Waals surface area contributed by atoms with Gasteiger partial charge in [-0.25, -0.2) is 9.07 Å². The van der Waals surface area contributed by atoms with Crippen molar-refractivity contribution in [3.8, 4) is 16.8 Å². The van der Waals surface area contributed by atoms with Gasteiger partial charge in [0.25, 0.3) is 5.91 Å². The van der Waals surface area contributed by atoms with Crippen molar-refractivity contribution >= 4 is 5.91 Å². The van der Waals surface area contributed by atoms with Gasteiger partial charge in [-0.1, -0.05) is 12.1 Å². The van der Waals surface area contributed by atoms with Gasteiger partial charge in [0.1, 0.15) is 17.9 Å². The molecular weight excluding hydrogens is 361 g/mol. The van der Waals surface area contributed by atoms with Crippen LogP contribution < -0.4 is 5.32 Å². The number of furan rings is 1. The summed E-state index contributed by atoms with van der Waals surface area (Å²) in [6.45, 7) is 1.84. The van der Waals surface area contributed by atoms with Gasteiger partial charge in [-0.2, -0.15) is 0 Å². The van der Waals surface area contributed by atoms with Crippen LogP contribution in [0.2, 0.25) is 0 Å². The number of hydrogen-bond acceptors (Lipinski definition) is 5. The molecule has 0 saturated carbocycles. The lowest BCUT2D eigenvalue weighted by Crippen LogP contribution is -2.26. The van der Waals surface area contributed by atoms with Gasteiger partial charge < -0.3 is 9.73 Å². The molecule has 1 atom stereocenters. The Morgan fingerprint density at radius 2 is 1.96 bits per heavy atom. The number of nitrogens with zero attached hydrogens (tertiary/aromatic N) is 4. The average Bonchev–Trinajstić information content (AvgIpc) is 3.42. The maximum absolute atomic E-state index is 13.3. The Balaban J connectivity index is 1.71. The van der Waals surface area contributed by atoms with Crippen LogP contribution in [0.15, 0.2) is 71.6 Å². The molecule has 4 aromatic rings. The molecule has 1 amide bonds. The lowest BCUT2D eigenvalue weighted by atomic mass is 10.0. The number of carbonyl (C=O) groups excluding carboxylic acids is 1. The lowest BCUT2D eigenvalue weighted by Gasteiger charge is -2.13. The number of halogens is 1. The first-order chi connectivity index (χ1) is 13.6. The van der Waals surface area contributed by atoms with E-state index in [1.54, 1.807) is 42.7 Å². The van der Waals surface area contributed by atoms with E-state index in [0.717, 1.165) is 11.1 Å². The standard InChI is InChI=1S/C20H16FN5O2/c1-13(19-3-2-8-28-19)23-20(27)16-9-15(14-4-6-17(21)7-5-14)10-18(11-16)26-12-22-24-25-26/h2-13H,1H3,(H,23,27). The molecule has 0 saturated heterocycles. The molecule has 28 heavy (non-hydrogen) atoms. The van der Waals surface area contributed by atoms with E-state index in [-0.39, 0.29) is 17.8 Å². The highest BCUT2D eigenvalue weighted by molar-refractivity contribution is 5.96. The van der Waals surface area contributed by atoms with Crippen LogP contribution in [0.1, 0.15) is 29.1 Å². The molecular formula is C20H16FN5O2. The van der Waals surface area contributed by atoms with Crippen molar-refractivity contribution in [2.45, 2.75) is 13.0 Å². The molecule has 7 nitrogen and oxygen atoms in total. The second-order valence-corrected chi connectivity index (χ2v) is 6.24. The second kappa shape index (κ2) is 7.43. The summed E-state index contributed by atoms with van der Waals surface area (Å²) < 4.78 is 20.1. The molecule has 2 heterocycles. The third kappa shape index (κ3) is 3.66. The Hall–Kier alpha value is -3.81. The third-order valence-electron chi connectivity index (χ3n) is 4.29. The number of benzene rings is 2. The van der Waals surface area contributed by atoms with Crippen molar-refractivity contribution in [3.05, 3.63) is 84.3 Å². The minimum absolute atomic E-state index is 0.276. The minimum Gasteiger partial charge on any atom is -0.467 e. The summed E-state index contributed by atoms with van der Waals surface area (Å²) in [6, 6.07) is 14.6. The van der Waals surface area contributed by atoms with E-state index in [1.165, 1.54) is 23.1 Å². The van der Waals surface area contributed by atoms with Crippen molar-refractivity contribution in [1.82, 2.24) is 25.5 Å². The van der Waals surface area contributed by atoms with E-state index < -0.39 is 0 Å². The number of amides is 1. The SMILES string of the molecule is CC(NC(=O)c1cc(-c2ccc(F)cc2)cc(-n2cnnn2)c1)c1ccco1. The highest BCUT2D eigenvalue weighted by Gasteiger charge is 2.16. The molecule has 0 spiro atoms. The molecule has 0 radical (unpaired) electrons. The highest BCUT2D eigenvalue weighted by Crippen LogP contribution is 2.25. The van der Waals surface area contributed by atoms with Crippen molar-refractivity contribution < 1.29 is 13.6 Å². The molecule has 1 unspecified atom stereocenters. The minimum atomic E-state index is -0.328. The van der Waals surface area contributed by atoms with Crippen molar-refractivity contribution in [2.75, 3.05) is 0 Å². The molecule has 0 aliphatic heterocycles. The molecule has 0 aliphatic carbocycles. The first-order valence-electron chi connectivity index (χ1n) is 8.59. The molecule has 0 fully saturated rings. The van der Waals surface area contributed by atoms with Crippen LogP contribution >= 0.6 is 0 Å². The Bertz CT molecular complexity index is 1080. The first kappa shape index (κ1) is 17.6. The first-order valence-corrected chi connectivity index (χ1v) is 8.59. The smallest absolute Gasteiger partial charge is 0.251 e. The quantitative estimate of drug-likeness (QED) is 0.575. The number of rotatable bonds is 5. The summed E-state index contributed by atoms with van der Waals surface area (Å²) in [7, 11) is 0. The summed E-state index contributed by atoms with van der Waals surface area (Å²) in [5.74, 6) is 0.0524. The largest absolute Gasteiger partial charge is 0.467 e. The summed E-state index contributed by atoms with van der Waals surface area (Å²) in [5.41, 5.74) is 2.54. The van der Waals surface area contributed by atoms with Gasteiger partial charge in [-0.15, -0.1) is 5.10 Å². The summed E-state index contributed by atoms with van der Waals surface area (Å²) in [4.78, 5) is 12.8. The van der Waals surface area contributed by atoms with E-state index >= 15 is 0 Å². The number of carbonyl (C=O) groups is 1. The average molecular weight is 377 g/mol. The second-order valence-electron chi connectivity index (χ2n) is 6.24. The fourth-order valence-electron chi connectivity index (χ4n) is 2.85. The van der Waals surface area contributed by atoms with E-state index in [0.29, 0.717) is 17.0 Å². The Morgan fingerprint density at radius 3 is 2.64 bits per heavy atom. The number of aromatic nitrogens is 4. The number of nitrogens with one attached hydrogen (secondary N) is 1. The van der Waals surface area contributed by atoms with Crippen LogP contribution in [0.3, 0.4) is 0 Å². The predicted molar refractivity (Wildman–Crippen MR) is 99.1 cm³/mol. The summed E-state index contributed by atoms with van der Waals surface area (Å²) >= 11 is 0. The van der Waals surface area contributed by atoms with Gasteiger partial charge in [0.05, 0.1) is 18.0 Å². The van der Waals surface area contributed by atoms with Gasteiger partial charge in [-0.3, -0.25) is 4.79 Å². The number of hydrogen-bond donors (Lipinski definition) is 1. The zero-order chi connectivity index (χ0) is 19.5. The van der Waals surface area contributed by atoms with Crippen LogP contribution in [-0.4, -0.2) is 26.1 Å². The molecule has 1 N–H and O–H groups in total. The summed E-state index contributed by atoms with van der Waals surface area (Å²) in [6.07, 6.45) is 3.00. The van der Waals surface area contributed by atoms with Crippen LogP contribution in [-0.2, 0) is 0 Å². The van der Waals surface area contributed by atoms with Crippen LogP contribution in [0, 0.1) is 5.82 Å². The third-order valence-corrected chi connectivity index (χ3v) is 4.29. The molecule has 2 aromatic heterocycles. The van der Waals surface area contributed by atoms with Gasteiger partial charge in [0.15, 0.2) is 0 Å². The van der Waals surface area contributed by atoms with Crippen LogP contribution in [0.25, 0.3) is 16.8 Å². The highest BCUT2D eigenvalue weighted by atomic mass is 19.1. The van der Waals surface area contributed by atoms with Gasteiger partial charge in [0, 0.05) is 5.56 Å². The van der Waals surface area contributed by atoms with Crippen LogP contribution in [0.5, 0.6) is 0 Å². The zero-order valence-corrected chi connectivity index (χ0v) is 14.9. The Morgan fingerprint density at radius 1 is 1.14 bits per heavy atom. The molecule has 0 aliphatic rings. The fourth-order valence-corrected chi connectivity index (χ4v) is 2.85. The maximum Gasteiger partial charge on any atom is 0.251 e. The molecule has 4 rings (SSSR count). The van der Waals surface area contributed by atoms with Crippen LogP contribution in [0.4, 0.5) is 4.39 Å². The van der Waals surface area contributed by atoms with E-state index in [4.69, 9.17) is 4.42 Å². The van der Waals surface area contributed by atoms with E-state index in [1.807, 2.05) is 13.0 Å². The van der Waals surface area contributed by atoms with Crippen molar-refractivity contribution in [1.29, 1.82) is 0 Å². The maximum atomic E-state index is 13.3. The van der Waals surface area contributed by atoms with Crippen molar-refractivity contribution in [3.63, 3.8) is 0 Å². The zero-order valence-electron chi connectivity index (χ0n) is 14.9. The number of tetrazole rings is 1. The van der Waals surface area contributed by atoms with Crippen molar-refractivity contribution in [2.24, 2.45) is 0 Å².